The number of allylic oxidation sites excluding steroid dienone is 3. The van der Waals surface area contributed by atoms with Gasteiger partial charge in [0.05, 0.1) is 0 Å². The quantitative estimate of drug-likeness (QED) is 0.0367. The van der Waals surface area contributed by atoms with E-state index in [0.29, 0.717) is 19.3 Å². The van der Waals surface area contributed by atoms with Crippen LogP contribution >= 0.6 is 0 Å². The number of rotatable bonds is 30. The molecule has 0 aliphatic rings. The molecule has 0 heterocycles. The van der Waals surface area contributed by atoms with Gasteiger partial charge in [-0.1, -0.05) is 95.3 Å². The minimum Gasteiger partial charge on any atom is -0.426 e. The highest BCUT2D eigenvalue weighted by molar-refractivity contribution is 5.76. The highest BCUT2D eigenvalue weighted by Crippen LogP contribution is 2.29. The summed E-state index contributed by atoms with van der Waals surface area (Å²) in [5.74, 6) is -0.458. The normalized spacial score (nSPS) is 10.7. The second kappa shape index (κ2) is 28.3. The van der Waals surface area contributed by atoms with E-state index in [1.54, 1.807) is 0 Å². The maximum absolute atomic E-state index is 12.6. The molecule has 45 heavy (non-hydrogen) atoms. The van der Waals surface area contributed by atoms with Crippen LogP contribution in [0.2, 0.25) is 0 Å². The Morgan fingerprint density at radius 1 is 0.400 bits per heavy atom. The molecule has 0 saturated carbocycles. The second-order valence-electron chi connectivity index (χ2n) is 11.9. The van der Waals surface area contributed by atoms with Gasteiger partial charge in [-0.2, -0.15) is 0 Å². The van der Waals surface area contributed by atoms with Crippen LogP contribution < -0.4 is 14.2 Å². The lowest BCUT2D eigenvalue weighted by molar-refractivity contribution is -0.135. The van der Waals surface area contributed by atoms with Crippen molar-refractivity contribution in [3.05, 3.63) is 56.2 Å². The molecule has 0 N–H and O–H groups in total. The first kappa shape index (κ1) is 39.9. The average Bonchev–Trinajstić information content (AvgIpc) is 3.01. The third-order valence-corrected chi connectivity index (χ3v) is 7.67. The molecule has 0 aliphatic carbocycles. The fourth-order valence-corrected chi connectivity index (χ4v) is 5.07. The molecule has 0 amide bonds. The summed E-state index contributed by atoms with van der Waals surface area (Å²) < 4.78 is 16.7. The molecule has 0 saturated heterocycles. The second-order valence-corrected chi connectivity index (χ2v) is 11.9. The Labute approximate surface area is 273 Å². The van der Waals surface area contributed by atoms with Crippen LogP contribution in [0.15, 0.2) is 56.2 Å². The Morgan fingerprint density at radius 3 is 0.867 bits per heavy atom. The van der Waals surface area contributed by atoms with Crippen molar-refractivity contribution >= 4 is 17.9 Å². The van der Waals surface area contributed by atoms with Crippen molar-refractivity contribution in [2.45, 2.75) is 154 Å². The van der Waals surface area contributed by atoms with Crippen LogP contribution in [0, 0.1) is 0 Å². The molecule has 252 valence electrons. The van der Waals surface area contributed by atoms with Crippen molar-refractivity contribution in [1.82, 2.24) is 0 Å². The van der Waals surface area contributed by atoms with Crippen LogP contribution in [0.25, 0.3) is 0 Å². The standard InChI is InChI=1S/C39H60O6/c1-4-7-10-13-16-19-22-25-28-37(40)43-34-31-35(44-38(41)29-26-23-20-17-14-11-8-5-2)33-36(32-34)45-39(42)30-27-24-21-18-15-12-9-6-3/h4-6,31-33H,1-3,7-30H2. The summed E-state index contributed by atoms with van der Waals surface area (Å²) in [6.07, 6.45) is 28.7. The van der Waals surface area contributed by atoms with Crippen LogP contribution in [0.3, 0.4) is 0 Å². The Hall–Kier alpha value is -3.15. The van der Waals surface area contributed by atoms with Crippen molar-refractivity contribution in [2.24, 2.45) is 0 Å². The van der Waals surface area contributed by atoms with Crippen molar-refractivity contribution in [3.63, 3.8) is 0 Å². The van der Waals surface area contributed by atoms with Gasteiger partial charge in [0.25, 0.3) is 0 Å². The summed E-state index contributed by atoms with van der Waals surface area (Å²) in [4.78, 5) is 37.7. The van der Waals surface area contributed by atoms with Gasteiger partial charge in [-0.25, -0.2) is 0 Å². The number of esters is 3. The molecule has 6 nitrogen and oxygen atoms in total. The van der Waals surface area contributed by atoms with Gasteiger partial charge in [0.2, 0.25) is 0 Å². The molecule has 0 unspecified atom stereocenters. The lowest BCUT2D eigenvalue weighted by atomic mass is 10.1. The molecule has 0 bridgehead atoms. The van der Waals surface area contributed by atoms with Gasteiger partial charge in [-0.05, 0) is 57.8 Å². The predicted molar refractivity (Wildman–Crippen MR) is 185 cm³/mol. The molecule has 0 fully saturated rings. The predicted octanol–water partition coefficient (Wildman–Crippen LogP) is 11.3. The van der Waals surface area contributed by atoms with Crippen LogP contribution in [0.4, 0.5) is 0 Å². The molecule has 6 heteroatoms. The zero-order valence-corrected chi connectivity index (χ0v) is 28.0. The summed E-state index contributed by atoms with van der Waals surface area (Å²) in [7, 11) is 0. The fourth-order valence-electron chi connectivity index (χ4n) is 5.07. The number of ether oxygens (including phenoxy) is 3. The molecule has 1 aromatic rings. The van der Waals surface area contributed by atoms with Crippen LogP contribution in [0.5, 0.6) is 17.2 Å². The molecule has 0 aromatic heterocycles. The highest BCUT2D eigenvalue weighted by Gasteiger charge is 2.14. The van der Waals surface area contributed by atoms with Gasteiger partial charge in [-0.15, -0.1) is 19.7 Å². The van der Waals surface area contributed by atoms with Gasteiger partial charge in [0.15, 0.2) is 0 Å². The summed E-state index contributed by atoms with van der Waals surface area (Å²) >= 11 is 0. The van der Waals surface area contributed by atoms with E-state index in [-0.39, 0.29) is 35.2 Å². The Balaban J connectivity index is 2.62. The van der Waals surface area contributed by atoms with E-state index in [1.165, 1.54) is 37.5 Å². The molecule has 0 radical (unpaired) electrons. The van der Waals surface area contributed by atoms with E-state index in [2.05, 4.69) is 19.7 Å². The molecule has 1 aromatic carbocycles. The summed E-state index contributed by atoms with van der Waals surface area (Å²) in [5, 5.41) is 0. The fraction of sp³-hybridized carbons (Fsp3) is 0.615. The Morgan fingerprint density at radius 2 is 0.622 bits per heavy atom. The lowest BCUT2D eigenvalue weighted by Gasteiger charge is -2.11. The van der Waals surface area contributed by atoms with Gasteiger partial charge in [0.1, 0.15) is 17.2 Å². The monoisotopic (exact) mass is 624 g/mol. The number of carbonyl (C=O) groups excluding carboxylic acids is 3. The molecular weight excluding hydrogens is 564 g/mol. The first-order valence-corrected chi connectivity index (χ1v) is 17.6. The number of benzene rings is 1. The first-order valence-electron chi connectivity index (χ1n) is 17.6. The lowest BCUT2D eigenvalue weighted by Crippen LogP contribution is -2.11. The van der Waals surface area contributed by atoms with Crippen molar-refractivity contribution in [1.29, 1.82) is 0 Å². The van der Waals surface area contributed by atoms with E-state index < -0.39 is 0 Å². The number of unbranched alkanes of at least 4 members (excludes halogenated alkanes) is 18. The van der Waals surface area contributed by atoms with Gasteiger partial charge < -0.3 is 14.2 Å². The highest BCUT2D eigenvalue weighted by atomic mass is 16.6. The summed E-state index contributed by atoms with van der Waals surface area (Å²) in [6, 6.07) is 4.54. The van der Waals surface area contributed by atoms with Crippen LogP contribution in [-0.2, 0) is 14.4 Å². The minimum absolute atomic E-state index is 0.205. The zero-order chi connectivity index (χ0) is 32.8. The minimum atomic E-state index is -0.358. The summed E-state index contributed by atoms with van der Waals surface area (Å²) in [5.41, 5.74) is 0. The smallest absolute Gasteiger partial charge is 0.311 e. The Kier molecular flexibility index (Phi) is 25.1. The molecular formula is C39H60O6. The SMILES string of the molecule is C=CCCCCCCCCC(=O)Oc1cc(OC(=O)CCCCCCCCC=C)cc(OC(=O)CCCCCCCCC=C)c1. The molecule has 0 atom stereocenters. The van der Waals surface area contributed by atoms with Gasteiger partial charge in [-0.3, -0.25) is 14.4 Å². The molecule has 0 spiro atoms. The zero-order valence-electron chi connectivity index (χ0n) is 28.0. The Bertz CT molecular complexity index is 846. The maximum atomic E-state index is 12.6. The number of carbonyl (C=O) groups is 3. The van der Waals surface area contributed by atoms with Crippen molar-refractivity contribution < 1.29 is 28.6 Å². The van der Waals surface area contributed by atoms with Crippen molar-refractivity contribution in [2.75, 3.05) is 0 Å². The van der Waals surface area contributed by atoms with E-state index >= 15 is 0 Å². The maximum Gasteiger partial charge on any atom is 0.311 e. The van der Waals surface area contributed by atoms with Crippen LogP contribution in [-0.4, -0.2) is 17.9 Å². The van der Waals surface area contributed by atoms with Crippen LogP contribution in [0.1, 0.15) is 154 Å². The topological polar surface area (TPSA) is 78.9 Å². The molecule has 0 aliphatic heterocycles. The third kappa shape index (κ3) is 23.8. The third-order valence-electron chi connectivity index (χ3n) is 7.67. The largest absolute Gasteiger partial charge is 0.426 e. The number of hydrogen-bond donors (Lipinski definition) is 0. The van der Waals surface area contributed by atoms with Gasteiger partial charge in [0, 0.05) is 37.5 Å². The van der Waals surface area contributed by atoms with E-state index in [0.717, 1.165) is 116 Å². The first-order chi connectivity index (χ1) is 22.0. The molecule has 1 rings (SSSR count). The average molecular weight is 625 g/mol. The van der Waals surface area contributed by atoms with E-state index in [1.807, 2.05) is 18.2 Å². The summed E-state index contributed by atoms with van der Waals surface area (Å²) in [6.45, 7) is 11.3. The van der Waals surface area contributed by atoms with Crippen molar-refractivity contribution in [3.8, 4) is 17.2 Å². The van der Waals surface area contributed by atoms with E-state index in [4.69, 9.17) is 14.2 Å². The number of hydrogen-bond acceptors (Lipinski definition) is 6. The van der Waals surface area contributed by atoms with Gasteiger partial charge >= 0.3 is 17.9 Å². The van der Waals surface area contributed by atoms with E-state index in [9.17, 15) is 14.4 Å².